The van der Waals surface area contributed by atoms with Gasteiger partial charge in [-0.1, -0.05) is 5.57 Å². The summed E-state index contributed by atoms with van der Waals surface area (Å²) in [7, 11) is 0. The largest absolute Gasteiger partial charge is 0.367 e. The number of fused-ring (bicyclic) bond motifs is 3. The maximum atomic E-state index is 12.5. The molecule has 19 heavy (non-hydrogen) atoms. The van der Waals surface area contributed by atoms with E-state index < -0.39 is 0 Å². The van der Waals surface area contributed by atoms with E-state index in [2.05, 4.69) is 4.90 Å². The molecule has 0 bridgehead atoms. The van der Waals surface area contributed by atoms with Crippen LogP contribution in [0.25, 0.3) is 0 Å². The van der Waals surface area contributed by atoms with E-state index in [9.17, 15) is 4.79 Å². The van der Waals surface area contributed by atoms with Crippen molar-refractivity contribution >= 4 is 5.78 Å². The molecule has 0 amide bonds. The van der Waals surface area contributed by atoms with E-state index in [-0.39, 0.29) is 0 Å². The third-order valence-electron chi connectivity index (χ3n) is 5.56. The number of nitrogens with zero attached hydrogens (tertiary/aromatic N) is 1. The number of rotatable bonds is 0. The van der Waals surface area contributed by atoms with Crippen molar-refractivity contribution in [3.05, 3.63) is 22.4 Å². The van der Waals surface area contributed by atoms with Crippen LogP contribution >= 0.6 is 0 Å². The number of Topliss-reactive ketones (excluding diaryl/α,β-unsaturated/α-hetero) is 1. The predicted octanol–water partition coefficient (Wildman–Crippen LogP) is 3.73. The van der Waals surface area contributed by atoms with Crippen molar-refractivity contribution in [3.8, 4) is 0 Å². The molecule has 1 atom stereocenters. The molecule has 2 heterocycles. The Morgan fingerprint density at radius 1 is 0.895 bits per heavy atom. The molecule has 0 radical (unpaired) electrons. The topological polar surface area (TPSA) is 20.3 Å². The third-order valence-corrected chi connectivity index (χ3v) is 5.56. The normalized spacial score (nSPS) is 31.1. The predicted molar refractivity (Wildman–Crippen MR) is 75.7 cm³/mol. The first kappa shape index (κ1) is 11.7. The Morgan fingerprint density at radius 2 is 1.68 bits per heavy atom. The SMILES string of the molecule is O=C1CC2C3=C(CCCC3)CCN2C2=C1CCCC2. The first-order chi connectivity index (χ1) is 9.34. The summed E-state index contributed by atoms with van der Waals surface area (Å²) in [4.78, 5) is 15.1. The van der Waals surface area contributed by atoms with Gasteiger partial charge in [0.15, 0.2) is 5.78 Å². The number of hydrogen-bond donors (Lipinski definition) is 0. The van der Waals surface area contributed by atoms with Crippen LogP contribution in [0, 0.1) is 0 Å². The van der Waals surface area contributed by atoms with Crippen LogP contribution in [0.2, 0.25) is 0 Å². The fourth-order valence-corrected chi connectivity index (χ4v) is 4.64. The van der Waals surface area contributed by atoms with Gasteiger partial charge in [0, 0.05) is 24.2 Å². The zero-order valence-corrected chi connectivity index (χ0v) is 11.7. The molecule has 0 aromatic carbocycles. The molecule has 0 saturated carbocycles. The molecule has 2 nitrogen and oxygen atoms in total. The van der Waals surface area contributed by atoms with E-state index in [0.717, 1.165) is 19.3 Å². The van der Waals surface area contributed by atoms with Crippen molar-refractivity contribution in [2.24, 2.45) is 0 Å². The standard InChI is InChI=1S/C17H23NO/c19-17-11-16-13-6-2-1-5-12(13)9-10-18(16)15-8-4-3-7-14(15)17/h16H,1-11H2. The number of hydrogen-bond acceptors (Lipinski definition) is 2. The van der Waals surface area contributed by atoms with Gasteiger partial charge in [0.1, 0.15) is 0 Å². The van der Waals surface area contributed by atoms with Gasteiger partial charge >= 0.3 is 0 Å². The summed E-state index contributed by atoms with van der Waals surface area (Å²) in [5, 5.41) is 0. The summed E-state index contributed by atoms with van der Waals surface area (Å²) in [6.45, 7) is 1.18. The lowest BCUT2D eigenvalue weighted by molar-refractivity contribution is -0.117. The Morgan fingerprint density at radius 3 is 2.63 bits per heavy atom. The van der Waals surface area contributed by atoms with Crippen LogP contribution in [0.5, 0.6) is 0 Å². The van der Waals surface area contributed by atoms with Gasteiger partial charge in [0.25, 0.3) is 0 Å². The number of allylic oxidation sites excluding steroid dienone is 2. The lowest BCUT2D eigenvalue weighted by Gasteiger charge is -2.47. The molecule has 2 aliphatic heterocycles. The van der Waals surface area contributed by atoms with Gasteiger partial charge < -0.3 is 4.90 Å². The van der Waals surface area contributed by atoms with Crippen molar-refractivity contribution in [1.82, 2.24) is 4.90 Å². The first-order valence-corrected chi connectivity index (χ1v) is 8.07. The summed E-state index contributed by atoms with van der Waals surface area (Å²) in [6, 6.07) is 0.452. The lowest BCUT2D eigenvalue weighted by Crippen LogP contribution is -2.47. The van der Waals surface area contributed by atoms with Crippen LogP contribution in [0.3, 0.4) is 0 Å². The Bertz CT molecular complexity index is 485. The van der Waals surface area contributed by atoms with Gasteiger partial charge in [-0.05, 0) is 63.4 Å². The molecule has 0 N–H and O–H groups in total. The van der Waals surface area contributed by atoms with Crippen molar-refractivity contribution in [2.45, 2.75) is 70.3 Å². The minimum Gasteiger partial charge on any atom is -0.367 e. The van der Waals surface area contributed by atoms with E-state index in [0.29, 0.717) is 11.8 Å². The van der Waals surface area contributed by atoms with Crippen molar-refractivity contribution in [3.63, 3.8) is 0 Å². The van der Waals surface area contributed by atoms with Crippen molar-refractivity contribution in [1.29, 1.82) is 0 Å². The summed E-state index contributed by atoms with van der Waals surface area (Å²) < 4.78 is 0. The third kappa shape index (κ3) is 1.79. The maximum Gasteiger partial charge on any atom is 0.162 e. The second kappa shape index (κ2) is 4.50. The summed E-state index contributed by atoms with van der Waals surface area (Å²) in [6.07, 6.45) is 12.0. The van der Waals surface area contributed by atoms with Crippen molar-refractivity contribution in [2.75, 3.05) is 6.54 Å². The van der Waals surface area contributed by atoms with Crippen LogP contribution in [0.4, 0.5) is 0 Å². The average molecular weight is 257 g/mol. The minimum absolute atomic E-state index is 0.452. The van der Waals surface area contributed by atoms with E-state index in [4.69, 9.17) is 0 Å². The van der Waals surface area contributed by atoms with E-state index in [1.165, 1.54) is 62.8 Å². The highest BCUT2D eigenvalue weighted by molar-refractivity contribution is 5.97. The molecule has 2 aliphatic carbocycles. The molecule has 0 fully saturated rings. The highest BCUT2D eigenvalue weighted by Crippen LogP contribution is 2.43. The molecule has 102 valence electrons. The van der Waals surface area contributed by atoms with Gasteiger partial charge in [0.05, 0.1) is 6.04 Å². The quantitative estimate of drug-likeness (QED) is 0.616. The second-order valence-electron chi connectivity index (χ2n) is 6.55. The molecule has 4 aliphatic rings. The number of ketones is 1. The second-order valence-corrected chi connectivity index (χ2v) is 6.55. The summed E-state index contributed by atoms with van der Waals surface area (Å²) in [5.74, 6) is 0.468. The van der Waals surface area contributed by atoms with E-state index in [1.807, 2.05) is 0 Å². The van der Waals surface area contributed by atoms with Crippen LogP contribution in [0.1, 0.15) is 64.2 Å². The maximum absolute atomic E-state index is 12.5. The Balaban J connectivity index is 1.74. The van der Waals surface area contributed by atoms with E-state index >= 15 is 0 Å². The van der Waals surface area contributed by atoms with Crippen LogP contribution in [-0.4, -0.2) is 23.3 Å². The first-order valence-electron chi connectivity index (χ1n) is 8.07. The Hall–Kier alpha value is -1.05. The molecule has 0 aromatic heterocycles. The molecule has 1 unspecified atom stereocenters. The monoisotopic (exact) mass is 257 g/mol. The molecular formula is C17H23NO. The van der Waals surface area contributed by atoms with Gasteiger partial charge in [-0.3, -0.25) is 4.79 Å². The minimum atomic E-state index is 0.452. The zero-order chi connectivity index (χ0) is 12.8. The molecule has 0 spiro atoms. The summed E-state index contributed by atoms with van der Waals surface area (Å²) in [5.41, 5.74) is 6.00. The Kier molecular flexibility index (Phi) is 2.78. The van der Waals surface area contributed by atoms with Gasteiger partial charge in [-0.25, -0.2) is 0 Å². The highest BCUT2D eigenvalue weighted by Gasteiger charge is 2.39. The van der Waals surface area contributed by atoms with E-state index in [1.54, 1.807) is 11.1 Å². The fourth-order valence-electron chi connectivity index (χ4n) is 4.64. The van der Waals surface area contributed by atoms with Crippen LogP contribution in [-0.2, 0) is 4.79 Å². The molecular weight excluding hydrogens is 234 g/mol. The number of carbonyl (C=O) groups excluding carboxylic acids is 1. The molecule has 2 heteroatoms. The van der Waals surface area contributed by atoms with Gasteiger partial charge in [0.2, 0.25) is 0 Å². The molecule has 0 aromatic rings. The Labute approximate surface area is 115 Å². The fraction of sp³-hybridized carbons (Fsp3) is 0.706. The highest BCUT2D eigenvalue weighted by atomic mass is 16.1. The molecule has 0 saturated heterocycles. The summed E-state index contributed by atoms with van der Waals surface area (Å²) >= 11 is 0. The van der Waals surface area contributed by atoms with Crippen LogP contribution < -0.4 is 0 Å². The zero-order valence-electron chi connectivity index (χ0n) is 11.7. The molecule has 4 rings (SSSR count). The van der Waals surface area contributed by atoms with Gasteiger partial charge in [-0.15, -0.1) is 0 Å². The van der Waals surface area contributed by atoms with Crippen molar-refractivity contribution < 1.29 is 4.79 Å². The number of carbonyl (C=O) groups is 1. The lowest BCUT2D eigenvalue weighted by atomic mass is 9.76. The smallest absolute Gasteiger partial charge is 0.162 e. The van der Waals surface area contributed by atoms with Gasteiger partial charge in [-0.2, -0.15) is 0 Å². The average Bonchev–Trinajstić information content (AvgIpc) is 2.47. The van der Waals surface area contributed by atoms with Crippen LogP contribution in [0.15, 0.2) is 22.4 Å².